The fraction of sp³-hybridized carbons (Fsp3) is 0.278. The fourth-order valence-electron chi connectivity index (χ4n) is 3.14. The van der Waals surface area contributed by atoms with Gasteiger partial charge in [-0.3, -0.25) is 9.69 Å². The fourth-order valence-corrected chi connectivity index (χ4v) is 3.14. The van der Waals surface area contributed by atoms with E-state index in [1.54, 1.807) is 30.3 Å². The lowest BCUT2D eigenvalue weighted by atomic mass is 10.0. The number of nitrogens with two attached hydrogens (primary N) is 1. The molecule has 3 rings (SSSR count). The maximum Gasteiger partial charge on any atom is 0.248 e. The van der Waals surface area contributed by atoms with Crippen LogP contribution >= 0.6 is 0 Å². The van der Waals surface area contributed by atoms with Gasteiger partial charge in [0.05, 0.1) is 6.10 Å². The van der Waals surface area contributed by atoms with Gasteiger partial charge >= 0.3 is 0 Å². The van der Waals surface area contributed by atoms with Gasteiger partial charge in [-0.05, 0) is 41.8 Å². The molecule has 2 aromatic carbocycles. The number of halogens is 1. The van der Waals surface area contributed by atoms with Crippen LogP contribution in [0, 0.1) is 5.82 Å². The quantitative estimate of drug-likeness (QED) is 0.909. The van der Waals surface area contributed by atoms with E-state index in [4.69, 9.17) is 5.73 Å². The Hall–Kier alpha value is -2.24. The van der Waals surface area contributed by atoms with Crippen LogP contribution in [-0.4, -0.2) is 28.6 Å². The van der Waals surface area contributed by atoms with Crippen molar-refractivity contribution in [1.82, 2.24) is 4.90 Å². The molecule has 3 N–H and O–H groups in total. The maximum atomic E-state index is 13.1. The van der Waals surface area contributed by atoms with Gasteiger partial charge in [-0.1, -0.05) is 24.3 Å². The Morgan fingerprint density at radius 1 is 1.26 bits per heavy atom. The lowest BCUT2D eigenvalue weighted by Gasteiger charge is -2.24. The Balaban J connectivity index is 1.81. The minimum Gasteiger partial charge on any atom is -0.392 e. The molecule has 4 nitrogen and oxygen atoms in total. The topological polar surface area (TPSA) is 66.6 Å². The number of aliphatic hydroxyl groups is 1. The monoisotopic (exact) mass is 314 g/mol. The van der Waals surface area contributed by atoms with E-state index in [-0.39, 0.29) is 11.9 Å². The number of benzene rings is 2. The third-order valence-electron chi connectivity index (χ3n) is 4.23. The summed E-state index contributed by atoms with van der Waals surface area (Å²) >= 11 is 0. The van der Waals surface area contributed by atoms with Crippen LogP contribution in [0.3, 0.4) is 0 Å². The van der Waals surface area contributed by atoms with Crippen molar-refractivity contribution < 1.29 is 14.3 Å². The van der Waals surface area contributed by atoms with E-state index in [1.165, 1.54) is 12.1 Å². The number of carbonyl (C=O) groups is 1. The number of hydrogen-bond acceptors (Lipinski definition) is 3. The number of primary amides is 1. The molecule has 0 unspecified atom stereocenters. The minimum atomic E-state index is -0.455. The molecule has 1 aliphatic rings. The number of β-amino-alcohol motifs (C(OH)–C–C–N with tert-alkyl or cyclic N) is 1. The molecule has 0 aromatic heterocycles. The van der Waals surface area contributed by atoms with Gasteiger partial charge in [-0.2, -0.15) is 0 Å². The average Bonchev–Trinajstić information content (AvgIpc) is 2.89. The van der Waals surface area contributed by atoms with Crippen molar-refractivity contribution in [2.45, 2.75) is 25.1 Å². The molecule has 1 saturated heterocycles. The summed E-state index contributed by atoms with van der Waals surface area (Å²) in [6.45, 7) is 1.14. The molecule has 0 radical (unpaired) electrons. The zero-order valence-corrected chi connectivity index (χ0v) is 12.7. The standard InChI is InChI=1S/C18H19FN2O2/c19-15-6-4-13(5-7-15)17-9-16(22)11-21(17)10-12-2-1-3-14(8-12)18(20)23/h1-8,16-17,22H,9-11H2,(H2,20,23)/t16-,17-/m1/s1. The molecule has 2 atom stereocenters. The molecule has 1 heterocycles. The average molecular weight is 314 g/mol. The normalized spacial score (nSPS) is 21.5. The molecule has 0 bridgehead atoms. The second kappa shape index (κ2) is 6.48. The van der Waals surface area contributed by atoms with Crippen LogP contribution in [0.15, 0.2) is 48.5 Å². The van der Waals surface area contributed by atoms with Gasteiger partial charge in [-0.25, -0.2) is 4.39 Å². The summed E-state index contributed by atoms with van der Waals surface area (Å²) in [6.07, 6.45) is 0.200. The van der Waals surface area contributed by atoms with E-state index in [2.05, 4.69) is 4.90 Å². The first-order valence-corrected chi connectivity index (χ1v) is 7.59. The van der Waals surface area contributed by atoms with Crippen molar-refractivity contribution in [3.8, 4) is 0 Å². The molecular formula is C18H19FN2O2. The van der Waals surface area contributed by atoms with E-state index in [0.717, 1.165) is 11.1 Å². The number of nitrogens with zero attached hydrogens (tertiary/aromatic N) is 1. The molecule has 1 aliphatic heterocycles. The molecule has 5 heteroatoms. The number of rotatable bonds is 4. The largest absolute Gasteiger partial charge is 0.392 e. The van der Waals surface area contributed by atoms with E-state index in [0.29, 0.717) is 25.1 Å². The van der Waals surface area contributed by atoms with E-state index >= 15 is 0 Å². The van der Waals surface area contributed by atoms with Gasteiger partial charge in [0, 0.05) is 24.7 Å². The van der Waals surface area contributed by atoms with Crippen LogP contribution in [-0.2, 0) is 6.54 Å². The molecule has 1 fully saturated rings. The van der Waals surface area contributed by atoms with Gasteiger partial charge in [0.2, 0.25) is 5.91 Å². The highest BCUT2D eigenvalue weighted by Crippen LogP contribution is 2.33. The number of hydrogen-bond donors (Lipinski definition) is 2. The third-order valence-corrected chi connectivity index (χ3v) is 4.23. The zero-order chi connectivity index (χ0) is 16.4. The van der Waals surface area contributed by atoms with Crippen LogP contribution in [0.1, 0.15) is 33.9 Å². The van der Waals surface area contributed by atoms with Gasteiger partial charge in [0.15, 0.2) is 0 Å². The van der Waals surface area contributed by atoms with E-state index < -0.39 is 12.0 Å². The van der Waals surface area contributed by atoms with Crippen LogP contribution in [0.25, 0.3) is 0 Å². The Morgan fingerprint density at radius 2 is 2.00 bits per heavy atom. The molecule has 0 aliphatic carbocycles. The maximum absolute atomic E-state index is 13.1. The smallest absolute Gasteiger partial charge is 0.248 e. The predicted octanol–water partition coefficient (Wildman–Crippen LogP) is 2.23. The molecule has 0 saturated carbocycles. The van der Waals surface area contributed by atoms with Crippen LogP contribution < -0.4 is 5.73 Å². The predicted molar refractivity (Wildman–Crippen MR) is 85.1 cm³/mol. The number of carbonyl (C=O) groups excluding carboxylic acids is 1. The van der Waals surface area contributed by atoms with Crippen LogP contribution in [0.4, 0.5) is 4.39 Å². The SMILES string of the molecule is NC(=O)c1cccc(CN2C[C@H](O)C[C@@H]2c2ccc(F)cc2)c1. The molecule has 23 heavy (non-hydrogen) atoms. The first kappa shape index (κ1) is 15.6. The van der Waals surface area contributed by atoms with Crippen molar-refractivity contribution in [1.29, 1.82) is 0 Å². The number of likely N-dealkylation sites (tertiary alicyclic amines) is 1. The summed E-state index contributed by atoms with van der Waals surface area (Å²) in [4.78, 5) is 13.4. The second-order valence-electron chi connectivity index (χ2n) is 5.95. The summed E-state index contributed by atoms with van der Waals surface area (Å²) in [5.74, 6) is -0.726. The Labute approximate surface area is 134 Å². The highest BCUT2D eigenvalue weighted by molar-refractivity contribution is 5.92. The van der Waals surface area contributed by atoms with Gasteiger partial charge in [0.1, 0.15) is 5.82 Å². The van der Waals surface area contributed by atoms with E-state index in [1.807, 2.05) is 6.07 Å². The van der Waals surface area contributed by atoms with Gasteiger partial charge in [0.25, 0.3) is 0 Å². The molecule has 2 aromatic rings. The summed E-state index contributed by atoms with van der Waals surface area (Å²) in [6, 6.07) is 13.6. The zero-order valence-electron chi connectivity index (χ0n) is 12.7. The summed E-state index contributed by atoms with van der Waals surface area (Å²) < 4.78 is 13.1. The Kier molecular flexibility index (Phi) is 4.41. The van der Waals surface area contributed by atoms with Gasteiger partial charge in [-0.15, -0.1) is 0 Å². The number of amides is 1. The van der Waals surface area contributed by atoms with Crippen LogP contribution in [0.5, 0.6) is 0 Å². The van der Waals surface area contributed by atoms with Crippen LogP contribution in [0.2, 0.25) is 0 Å². The lowest BCUT2D eigenvalue weighted by molar-refractivity contribution is 0.1000. The second-order valence-corrected chi connectivity index (χ2v) is 5.95. The minimum absolute atomic E-state index is 0.0304. The molecule has 0 spiro atoms. The summed E-state index contributed by atoms with van der Waals surface area (Å²) in [5.41, 5.74) is 7.73. The van der Waals surface area contributed by atoms with Crippen molar-refractivity contribution in [2.75, 3.05) is 6.54 Å². The summed E-state index contributed by atoms with van der Waals surface area (Å²) in [5, 5.41) is 10.0. The first-order chi connectivity index (χ1) is 11.0. The van der Waals surface area contributed by atoms with Crippen molar-refractivity contribution in [2.24, 2.45) is 5.73 Å². The highest BCUT2D eigenvalue weighted by atomic mass is 19.1. The lowest BCUT2D eigenvalue weighted by Crippen LogP contribution is -2.24. The molecular weight excluding hydrogens is 295 g/mol. The Morgan fingerprint density at radius 3 is 2.70 bits per heavy atom. The van der Waals surface area contributed by atoms with Crippen molar-refractivity contribution >= 4 is 5.91 Å². The molecule has 1 amide bonds. The Bertz CT molecular complexity index is 702. The first-order valence-electron chi connectivity index (χ1n) is 7.59. The van der Waals surface area contributed by atoms with Crippen molar-refractivity contribution in [3.63, 3.8) is 0 Å². The van der Waals surface area contributed by atoms with Gasteiger partial charge < -0.3 is 10.8 Å². The summed E-state index contributed by atoms with van der Waals surface area (Å²) in [7, 11) is 0. The van der Waals surface area contributed by atoms with Crippen molar-refractivity contribution in [3.05, 3.63) is 71.0 Å². The molecule has 120 valence electrons. The van der Waals surface area contributed by atoms with E-state index in [9.17, 15) is 14.3 Å². The number of aliphatic hydroxyl groups excluding tert-OH is 1. The highest BCUT2D eigenvalue weighted by Gasteiger charge is 2.31. The third kappa shape index (κ3) is 3.57.